The molecule has 3 aromatic carbocycles. The number of carbonyl (C=O) groups excluding carboxylic acids is 2. The van der Waals surface area contributed by atoms with E-state index in [9.17, 15) is 18.0 Å². The molecule has 0 unspecified atom stereocenters. The first-order valence-electron chi connectivity index (χ1n) is 11.9. The van der Waals surface area contributed by atoms with Crippen LogP contribution < -0.4 is 14.9 Å². The van der Waals surface area contributed by atoms with E-state index in [1.165, 1.54) is 24.3 Å². The largest absolute Gasteiger partial charge is 0.376 e. The quantitative estimate of drug-likeness (QED) is 0.418. The summed E-state index contributed by atoms with van der Waals surface area (Å²) in [6, 6.07) is 19.1. The van der Waals surface area contributed by atoms with E-state index in [4.69, 9.17) is 16.3 Å². The van der Waals surface area contributed by atoms with Gasteiger partial charge in [0.25, 0.3) is 15.9 Å². The molecular weight excluding hydrogens is 514 g/mol. The zero-order valence-electron chi connectivity index (χ0n) is 20.3. The summed E-state index contributed by atoms with van der Waals surface area (Å²) in [7, 11) is -4.08. The summed E-state index contributed by atoms with van der Waals surface area (Å²) < 4.78 is 33.6. The smallest absolute Gasteiger partial charge is 0.264 e. The lowest BCUT2D eigenvalue weighted by Crippen LogP contribution is -2.38. The number of para-hydroxylation sites is 1. The van der Waals surface area contributed by atoms with Crippen molar-refractivity contribution in [2.75, 3.05) is 29.3 Å². The van der Waals surface area contributed by atoms with E-state index in [2.05, 4.69) is 10.6 Å². The molecule has 8 nitrogen and oxygen atoms in total. The summed E-state index contributed by atoms with van der Waals surface area (Å²) in [6.45, 7) is 2.40. The van der Waals surface area contributed by atoms with Crippen molar-refractivity contribution < 1.29 is 22.7 Å². The monoisotopic (exact) mass is 541 g/mol. The highest BCUT2D eigenvalue weighted by molar-refractivity contribution is 7.92. The van der Waals surface area contributed by atoms with Gasteiger partial charge in [0.2, 0.25) is 5.91 Å². The van der Waals surface area contributed by atoms with Crippen molar-refractivity contribution in [3.63, 3.8) is 0 Å². The Morgan fingerprint density at radius 2 is 1.73 bits per heavy atom. The fourth-order valence-electron chi connectivity index (χ4n) is 3.98. The van der Waals surface area contributed by atoms with Crippen molar-refractivity contribution in [1.29, 1.82) is 0 Å². The molecule has 4 rings (SSSR count). The van der Waals surface area contributed by atoms with Crippen molar-refractivity contribution >= 4 is 44.8 Å². The summed E-state index contributed by atoms with van der Waals surface area (Å²) in [5.41, 5.74) is 1.74. The number of benzene rings is 3. The average molecular weight is 542 g/mol. The van der Waals surface area contributed by atoms with Crippen LogP contribution in [0.25, 0.3) is 0 Å². The van der Waals surface area contributed by atoms with Gasteiger partial charge in [-0.3, -0.25) is 13.9 Å². The standard InChI is InChI=1S/C27H28ClN3O5S/c1-19-8-14-23(15-9-19)37(34,35)31(21-12-10-20(28)11-13-21)18-26(32)30-25-7-3-2-6-24(25)27(33)29-17-22-5-4-16-36-22/h2-3,6-15,22H,4-5,16-18H2,1H3,(H,29,33)(H,30,32)/t22-/m1/s1. The molecule has 0 saturated carbocycles. The van der Waals surface area contributed by atoms with Crippen LogP contribution in [0, 0.1) is 6.92 Å². The summed E-state index contributed by atoms with van der Waals surface area (Å²) in [4.78, 5) is 26.0. The lowest BCUT2D eigenvalue weighted by Gasteiger charge is -2.24. The maximum absolute atomic E-state index is 13.5. The summed E-state index contributed by atoms with van der Waals surface area (Å²) in [5.74, 6) is -0.960. The van der Waals surface area contributed by atoms with Crippen molar-refractivity contribution in [2.24, 2.45) is 0 Å². The molecule has 1 atom stereocenters. The minimum atomic E-state index is -4.08. The highest BCUT2D eigenvalue weighted by Crippen LogP contribution is 2.26. The molecule has 194 valence electrons. The van der Waals surface area contributed by atoms with Crippen molar-refractivity contribution in [2.45, 2.75) is 30.8 Å². The number of carbonyl (C=O) groups is 2. The minimum absolute atomic E-state index is 0.0226. The molecule has 3 aromatic rings. The second-order valence-electron chi connectivity index (χ2n) is 8.74. The average Bonchev–Trinajstić information content (AvgIpc) is 3.41. The number of ether oxygens (including phenoxy) is 1. The van der Waals surface area contributed by atoms with E-state index in [0.29, 0.717) is 18.2 Å². The maximum Gasteiger partial charge on any atom is 0.264 e. The molecule has 1 aliphatic heterocycles. The zero-order chi connectivity index (χ0) is 26.4. The molecular formula is C27H28ClN3O5S. The van der Waals surface area contributed by atoms with Gasteiger partial charge in [-0.15, -0.1) is 0 Å². The molecule has 1 fully saturated rings. The van der Waals surface area contributed by atoms with E-state index in [-0.39, 0.29) is 33.8 Å². The van der Waals surface area contributed by atoms with Gasteiger partial charge in [-0.1, -0.05) is 41.4 Å². The molecule has 2 amide bonds. The van der Waals surface area contributed by atoms with Crippen LogP contribution in [0.3, 0.4) is 0 Å². The van der Waals surface area contributed by atoms with Gasteiger partial charge in [0.15, 0.2) is 0 Å². The first kappa shape index (κ1) is 26.7. The number of aryl methyl sites for hydroxylation is 1. The van der Waals surface area contributed by atoms with E-state index in [0.717, 1.165) is 22.7 Å². The van der Waals surface area contributed by atoms with Crippen LogP contribution in [0.2, 0.25) is 5.02 Å². The summed E-state index contributed by atoms with van der Waals surface area (Å²) >= 11 is 6.00. The normalized spacial score (nSPS) is 15.2. The number of hydrogen-bond acceptors (Lipinski definition) is 5. The van der Waals surface area contributed by atoms with Crippen LogP contribution in [0.15, 0.2) is 77.7 Å². The second kappa shape index (κ2) is 11.8. The van der Waals surface area contributed by atoms with Crippen LogP contribution in [0.5, 0.6) is 0 Å². The molecule has 1 heterocycles. The Hall–Kier alpha value is -3.40. The molecule has 2 N–H and O–H groups in total. The van der Waals surface area contributed by atoms with Crippen LogP contribution in [0.4, 0.5) is 11.4 Å². The van der Waals surface area contributed by atoms with Gasteiger partial charge in [0.05, 0.1) is 27.9 Å². The van der Waals surface area contributed by atoms with E-state index in [1.54, 1.807) is 48.5 Å². The molecule has 10 heteroatoms. The predicted octanol–water partition coefficient (Wildman–Crippen LogP) is 4.39. The molecule has 0 bridgehead atoms. The Morgan fingerprint density at radius 1 is 1.03 bits per heavy atom. The third kappa shape index (κ3) is 6.68. The fourth-order valence-corrected chi connectivity index (χ4v) is 5.52. The van der Waals surface area contributed by atoms with E-state index in [1.807, 2.05) is 6.92 Å². The number of nitrogens with one attached hydrogen (secondary N) is 2. The van der Waals surface area contributed by atoms with E-state index < -0.39 is 22.5 Å². The molecule has 0 aromatic heterocycles. The third-order valence-electron chi connectivity index (χ3n) is 5.97. The summed E-state index contributed by atoms with van der Waals surface area (Å²) in [6.07, 6.45) is 1.82. The van der Waals surface area contributed by atoms with Gasteiger partial charge in [-0.2, -0.15) is 0 Å². The molecule has 37 heavy (non-hydrogen) atoms. The van der Waals surface area contributed by atoms with Gasteiger partial charge in [-0.05, 0) is 68.3 Å². The van der Waals surface area contributed by atoms with Crippen LogP contribution in [-0.4, -0.2) is 46.0 Å². The number of hydrogen-bond donors (Lipinski definition) is 2. The SMILES string of the molecule is Cc1ccc(S(=O)(=O)N(CC(=O)Nc2ccccc2C(=O)NC[C@H]2CCCO2)c2ccc(Cl)cc2)cc1. The molecule has 0 aliphatic carbocycles. The van der Waals surface area contributed by atoms with Crippen molar-refractivity contribution in [1.82, 2.24) is 5.32 Å². The number of nitrogens with zero attached hydrogens (tertiary/aromatic N) is 1. The Labute approximate surface area is 221 Å². The molecule has 0 spiro atoms. The van der Waals surface area contributed by atoms with Gasteiger partial charge in [-0.25, -0.2) is 8.42 Å². The van der Waals surface area contributed by atoms with Gasteiger partial charge >= 0.3 is 0 Å². The minimum Gasteiger partial charge on any atom is -0.376 e. The third-order valence-corrected chi connectivity index (χ3v) is 8.01. The predicted molar refractivity (Wildman–Crippen MR) is 144 cm³/mol. The number of sulfonamides is 1. The Bertz CT molecular complexity index is 1360. The first-order chi connectivity index (χ1) is 17.7. The molecule has 0 radical (unpaired) electrons. The van der Waals surface area contributed by atoms with Gasteiger partial charge < -0.3 is 15.4 Å². The summed E-state index contributed by atoms with van der Waals surface area (Å²) in [5, 5.41) is 5.98. The molecule has 1 aliphatic rings. The lowest BCUT2D eigenvalue weighted by molar-refractivity contribution is -0.114. The topological polar surface area (TPSA) is 105 Å². The highest BCUT2D eigenvalue weighted by atomic mass is 35.5. The maximum atomic E-state index is 13.5. The van der Waals surface area contributed by atoms with Gasteiger partial charge in [0, 0.05) is 18.2 Å². The number of anilines is 2. The van der Waals surface area contributed by atoms with Crippen LogP contribution in [0.1, 0.15) is 28.8 Å². The number of halogens is 1. The zero-order valence-corrected chi connectivity index (χ0v) is 21.9. The Morgan fingerprint density at radius 3 is 2.41 bits per heavy atom. The number of rotatable bonds is 9. The van der Waals surface area contributed by atoms with Gasteiger partial charge in [0.1, 0.15) is 6.54 Å². The Kier molecular flexibility index (Phi) is 8.48. The fraction of sp³-hybridized carbons (Fsp3) is 0.259. The second-order valence-corrected chi connectivity index (χ2v) is 11.0. The van der Waals surface area contributed by atoms with Crippen molar-refractivity contribution in [3.8, 4) is 0 Å². The number of amides is 2. The first-order valence-corrected chi connectivity index (χ1v) is 13.7. The molecule has 1 saturated heterocycles. The Balaban J connectivity index is 1.55. The van der Waals surface area contributed by atoms with E-state index >= 15 is 0 Å². The van der Waals surface area contributed by atoms with Crippen LogP contribution in [-0.2, 0) is 19.6 Å². The lowest BCUT2D eigenvalue weighted by atomic mass is 10.1. The van der Waals surface area contributed by atoms with Crippen molar-refractivity contribution in [3.05, 3.63) is 88.9 Å². The highest BCUT2D eigenvalue weighted by Gasteiger charge is 2.28. The van der Waals surface area contributed by atoms with Crippen LogP contribution >= 0.6 is 11.6 Å².